The Hall–Kier alpha value is -5.97. The van der Waals surface area contributed by atoms with Crippen molar-refractivity contribution in [2.45, 2.75) is 80.1 Å². The summed E-state index contributed by atoms with van der Waals surface area (Å²) in [5, 5.41) is 2.59. The Morgan fingerprint density at radius 2 is 1.05 bits per heavy atom. The van der Waals surface area contributed by atoms with Gasteiger partial charge in [-0.1, -0.05) is 102 Å². The van der Waals surface area contributed by atoms with Gasteiger partial charge in [0.25, 0.3) is 0 Å². The number of aromatic nitrogens is 3. The van der Waals surface area contributed by atoms with Crippen LogP contribution in [0.3, 0.4) is 0 Å². The maximum atomic E-state index is 4.92. The minimum Gasteiger partial charge on any atom is -0.316 e. The third-order valence-corrected chi connectivity index (χ3v) is 13.0. The van der Waals surface area contributed by atoms with Gasteiger partial charge in [0.2, 0.25) is 0 Å². The first-order chi connectivity index (χ1) is 28.1. The first-order valence-electron chi connectivity index (χ1n) is 20.8. The van der Waals surface area contributed by atoms with Crippen LogP contribution in [-0.2, 0) is 10.8 Å². The van der Waals surface area contributed by atoms with Crippen LogP contribution < -0.4 is 0 Å². The smallest absolute Gasteiger partial charge is 0.0702 e. The number of nitrogens with zero attached hydrogens (tertiary/aromatic N) is 3. The molecule has 4 heterocycles. The van der Waals surface area contributed by atoms with E-state index in [-0.39, 0.29) is 10.8 Å². The van der Waals surface area contributed by atoms with Crippen molar-refractivity contribution in [2.75, 3.05) is 0 Å². The molecule has 59 heavy (non-hydrogen) atoms. The number of hydrogen-bond donors (Lipinski definition) is 0. The molecule has 0 spiro atoms. The summed E-state index contributed by atoms with van der Waals surface area (Å²) in [6.07, 6.45) is 6.75. The zero-order chi connectivity index (χ0) is 41.4. The lowest BCUT2D eigenvalue weighted by molar-refractivity contribution is 0.594. The molecule has 4 heteroatoms. The van der Waals surface area contributed by atoms with Gasteiger partial charge in [-0.15, -0.1) is 11.3 Å². The van der Waals surface area contributed by atoms with E-state index >= 15 is 0 Å². The second kappa shape index (κ2) is 14.4. The highest BCUT2D eigenvalue weighted by molar-refractivity contribution is 7.15. The number of benzene rings is 5. The van der Waals surface area contributed by atoms with Crippen LogP contribution >= 0.6 is 11.3 Å². The molecule has 0 unspecified atom stereocenters. The fourth-order valence-electron chi connectivity index (χ4n) is 8.90. The van der Waals surface area contributed by atoms with Crippen molar-refractivity contribution in [1.29, 1.82) is 0 Å². The molecule has 0 aliphatic rings. The van der Waals surface area contributed by atoms with Crippen molar-refractivity contribution in [3.63, 3.8) is 0 Å². The third kappa shape index (κ3) is 7.14. The van der Waals surface area contributed by atoms with Gasteiger partial charge in [-0.05, 0) is 149 Å². The van der Waals surface area contributed by atoms with Crippen molar-refractivity contribution in [2.24, 2.45) is 0 Å². The van der Waals surface area contributed by atoms with Gasteiger partial charge in [-0.2, -0.15) is 0 Å². The second-order valence-corrected chi connectivity index (χ2v) is 19.8. The second-order valence-electron chi connectivity index (χ2n) is 18.5. The van der Waals surface area contributed by atoms with Gasteiger partial charge in [0, 0.05) is 61.6 Å². The van der Waals surface area contributed by atoms with Gasteiger partial charge in [-0.3, -0.25) is 4.98 Å². The summed E-state index contributed by atoms with van der Waals surface area (Å²) in [6, 6.07) is 45.2. The normalized spacial score (nSPS) is 12.2. The molecule has 294 valence electrons. The van der Waals surface area contributed by atoms with Crippen molar-refractivity contribution in [3.8, 4) is 55.3 Å². The molecule has 0 bridgehead atoms. The third-order valence-electron chi connectivity index (χ3n) is 11.8. The van der Waals surface area contributed by atoms with Gasteiger partial charge in [0.15, 0.2) is 0 Å². The van der Waals surface area contributed by atoms with E-state index < -0.39 is 0 Å². The minimum absolute atomic E-state index is 0.00955. The Labute approximate surface area is 353 Å². The van der Waals surface area contributed by atoms with E-state index in [9.17, 15) is 0 Å². The van der Waals surface area contributed by atoms with E-state index in [1.54, 1.807) is 0 Å². The van der Waals surface area contributed by atoms with Crippen LogP contribution in [0.15, 0.2) is 140 Å². The maximum absolute atomic E-state index is 4.92. The quantitative estimate of drug-likeness (QED) is 0.165. The lowest BCUT2D eigenvalue weighted by Crippen LogP contribution is -2.10. The summed E-state index contributed by atoms with van der Waals surface area (Å²) in [4.78, 5) is 7.55. The summed E-state index contributed by atoms with van der Waals surface area (Å²) >= 11 is 1.83. The molecule has 9 aromatic rings. The van der Waals surface area contributed by atoms with Crippen LogP contribution in [0.2, 0.25) is 0 Å². The number of hydrogen-bond acceptors (Lipinski definition) is 2. The molecule has 5 aromatic carbocycles. The molecule has 0 saturated heterocycles. The van der Waals surface area contributed by atoms with Crippen LogP contribution in [0.5, 0.6) is 0 Å². The number of para-hydroxylation sites is 2. The van der Waals surface area contributed by atoms with E-state index in [1.807, 2.05) is 17.5 Å². The molecule has 0 N–H and O–H groups in total. The maximum Gasteiger partial charge on any atom is 0.0702 e. The van der Waals surface area contributed by atoms with Crippen molar-refractivity contribution < 1.29 is 0 Å². The number of fused-ring (bicyclic) bond motifs is 2. The number of rotatable bonds is 6. The van der Waals surface area contributed by atoms with Crippen LogP contribution in [0.4, 0.5) is 0 Å². The van der Waals surface area contributed by atoms with Crippen molar-refractivity contribution in [3.05, 3.63) is 173 Å². The summed E-state index contributed by atoms with van der Waals surface area (Å²) < 4.78 is 4.81. The minimum atomic E-state index is -0.00955. The van der Waals surface area contributed by atoms with E-state index in [4.69, 9.17) is 4.98 Å². The average molecular weight is 788 g/mol. The molecule has 0 atom stereocenters. The van der Waals surface area contributed by atoms with Crippen LogP contribution in [0, 0.1) is 27.7 Å². The molecule has 9 rings (SSSR count). The summed E-state index contributed by atoms with van der Waals surface area (Å²) in [7, 11) is 0. The summed E-state index contributed by atoms with van der Waals surface area (Å²) in [5.41, 5.74) is 19.3. The van der Waals surface area contributed by atoms with Crippen LogP contribution in [-0.4, -0.2) is 14.1 Å². The zero-order valence-corrected chi connectivity index (χ0v) is 36.8. The van der Waals surface area contributed by atoms with Gasteiger partial charge in [-0.25, -0.2) is 0 Å². The summed E-state index contributed by atoms with van der Waals surface area (Å²) in [5.74, 6) is 0. The van der Waals surface area contributed by atoms with Gasteiger partial charge < -0.3 is 9.13 Å². The Morgan fingerprint density at radius 3 is 1.58 bits per heavy atom. The Morgan fingerprint density at radius 1 is 0.492 bits per heavy atom. The number of pyridine rings is 1. The van der Waals surface area contributed by atoms with E-state index in [1.165, 1.54) is 87.2 Å². The Bertz CT molecular complexity index is 2930. The molecule has 0 fully saturated rings. The van der Waals surface area contributed by atoms with Crippen LogP contribution in [0.1, 0.15) is 74.2 Å². The van der Waals surface area contributed by atoms with Crippen molar-refractivity contribution in [1.82, 2.24) is 14.1 Å². The molecule has 0 radical (unpaired) electrons. The average Bonchev–Trinajstić information content (AvgIpc) is 3.90. The molecular formula is C55H53N3S. The predicted octanol–water partition coefficient (Wildman–Crippen LogP) is 15.5. The molecule has 4 aromatic heterocycles. The predicted molar refractivity (Wildman–Crippen MR) is 254 cm³/mol. The first kappa shape index (κ1) is 38.5. The van der Waals surface area contributed by atoms with Crippen LogP contribution in [0.25, 0.3) is 77.1 Å². The van der Waals surface area contributed by atoms with Gasteiger partial charge in [0.05, 0.1) is 16.7 Å². The Kier molecular flexibility index (Phi) is 9.40. The number of thiophene rings is 1. The zero-order valence-electron chi connectivity index (χ0n) is 36.0. The largest absolute Gasteiger partial charge is 0.316 e. The molecule has 0 aliphatic carbocycles. The molecule has 0 aliphatic heterocycles. The molecular weight excluding hydrogens is 735 g/mol. The monoisotopic (exact) mass is 787 g/mol. The highest BCUT2D eigenvalue weighted by atomic mass is 32.1. The lowest BCUT2D eigenvalue weighted by atomic mass is 9.87. The Balaban J connectivity index is 1.18. The molecule has 0 saturated carbocycles. The molecule has 3 nitrogen and oxygen atoms in total. The standard InChI is InChI=1S/C55H53N3S/c1-34-23-40(27-42(24-34)45-21-19-38(26-35(45)2)50-22-20-39(31-56-50)53-36(3)25-37(4)59-53)41-28-43(57-32-48(54(5,6)7)46-15-11-13-17-51(46)57)30-44(29-41)58-33-49(55(8,9)10)47-16-12-14-18-52(47)58/h11-33H,1-10H3. The highest BCUT2D eigenvalue weighted by Crippen LogP contribution is 2.40. The fraction of sp³-hybridized carbons (Fsp3) is 0.218. The molecule has 0 amide bonds. The van der Waals surface area contributed by atoms with E-state index in [0.717, 1.165) is 22.6 Å². The summed E-state index contributed by atoms with van der Waals surface area (Å²) in [6.45, 7) is 22.6. The SMILES string of the molecule is Cc1cc(-c2cc(-n3cc(C(C)(C)C)c4ccccc43)cc(-n3cc(C(C)(C)C)c4ccccc43)c2)cc(-c2ccc(-c3ccc(-c4sc(C)cc4C)cn3)cc2C)c1. The first-order valence-corrected chi connectivity index (χ1v) is 21.6. The van der Waals surface area contributed by atoms with Gasteiger partial charge in [0.1, 0.15) is 0 Å². The van der Waals surface area contributed by atoms with Crippen molar-refractivity contribution >= 4 is 33.1 Å². The van der Waals surface area contributed by atoms with E-state index in [0.29, 0.717) is 0 Å². The topological polar surface area (TPSA) is 22.8 Å². The van der Waals surface area contributed by atoms with E-state index in [2.05, 4.69) is 212 Å². The number of aryl methyl sites for hydroxylation is 4. The van der Waals surface area contributed by atoms with Gasteiger partial charge >= 0.3 is 0 Å². The fourth-order valence-corrected chi connectivity index (χ4v) is 9.92. The highest BCUT2D eigenvalue weighted by Gasteiger charge is 2.24. The lowest BCUT2D eigenvalue weighted by Gasteiger charge is -2.18.